The van der Waals surface area contributed by atoms with Crippen molar-refractivity contribution in [3.8, 4) is 0 Å². The summed E-state index contributed by atoms with van der Waals surface area (Å²) in [7, 11) is -3.45. The molecule has 0 aliphatic carbocycles. The molecule has 1 atom stereocenters. The largest absolute Gasteiger partial charge is 0.376 e. The maximum absolute atomic E-state index is 12.6. The minimum Gasteiger partial charge on any atom is -0.376 e. The third kappa shape index (κ3) is 3.96. The summed E-state index contributed by atoms with van der Waals surface area (Å²) in [5.74, 6) is -0.101. The van der Waals surface area contributed by atoms with Crippen molar-refractivity contribution < 1.29 is 17.9 Å². The summed E-state index contributed by atoms with van der Waals surface area (Å²) in [6.45, 7) is 2.10. The summed E-state index contributed by atoms with van der Waals surface area (Å²) < 4.78 is 32.1. The van der Waals surface area contributed by atoms with Crippen LogP contribution in [0.4, 0.5) is 0 Å². The van der Waals surface area contributed by atoms with Gasteiger partial charge in [0.05, 0.1) is 11.0 Å². The van der Waals surface area contributed by atoms with Crippen molar-refractivity contribution in [2.24, 2.45) is 5.92 Å². The molecular formula is C17H24N2O4S. The van der Waals surface area contributed by atoms with Crippen molar-refractivity contribution in [1.29, 1.82) is 0 Å². The number of carbonyl (C=O) groups is 1. The number of rotatable bonds is 5. The molecule has 2 aliphatic heterocycles. The highest BCUT2D eigenvalue weighted by Gasteiger charge is 2.32. The lowest BCUT2D eigenvalue weighted by Gasteiger charge is -2.30. The van der Waals surface area contributed by atoms with Crippen LogP contribution in [-0.2, 0) is 19.6 Å². The van der Waals surface area contributed by atoms with E-state index in [1.165, 1.54) is 4.31 Å². The van der Waals surface area contributed by atoms with E-state index in [4.69, 9.17) is 4.74 Å². The van der Waals surface area contributed by atoms with Crippen LogP contribution < -0.4 is 5.32 Å². The Morgan fingerprint density at radius 1 is 1.17 bits per heavy atom. The van der Waals surface area contributed by atoms with E-state index in [1.807, 2.05) is 0 Å². The van der Waals surface area contributed by atoms with Gasteiger partial charge in [0.15, 0.2) is 0 Å². The number of piperidine rings is 1. The number of hydrogen-bond acceptors (Lipinski definition) is 4. The second kappa shape index (κ2) is 7.63. The van der Waals surface area contributed by atoms with E-state index in [1.54, 1.807) is 30.3 Å². The predicted molar refractivity (Wildman–Crippen MR) is 89.9 cm³/mol. The third-order valence-corrected chi connectivity index (χ3v) is 6.65. The first kappa shape index (κ1) is 17.4. The van der Waals surface area contributed by atoms with Crippen LogP contribution in [0.25, 0.3) is 0 Å². The average Bonchev–Trinajstić information content (AvgIpc) is 3.14. The van der Waals surface area contributed by atoms with Crippen LogP contribution in [0, 0.1) is 5.92 Å². The summed E-state index contributed by atoms with van der Waals surface area (Å²) in [5, 5.41) is 2.95. The van der Waals surface area contributed by atoms with Gasteiger partial charge in [0.1, 0.15) is 0 Å². The summed E-state index contributed by atoms with van der Waals surface area (Å²) >= 11 is 0. The second-order valence-electron chi connectivity index (χ2n) is 6.37. The maximum atomic E-state index is 12.6. The molecule has 1 aromatic rings. The van der Waals surface area contributed by atoms with Gasteiger partial charge in [-0.2, -0.15) is 4.31 Å². The molecule has 6 nitrogen and oxygen atoms in total. The summed E-state index contributed by atoms with van der Waals surface area (Å²) in [5.41, 5.74) is 0. The number of sulfonamides is 1. The van der Waals surface area contributed by atoms with E-state index in [0.717, 1.165) is 19.4 Å². The van der Waals surface area contributed by atoms with Crippen molar-refractivity contribution in [3.63, 3.8) is 0 Å². The first-order chi connectivity index (χ1) is 11.6. The minimum atomic E-state index is -3.45. The Morgan fingerprint density at radius 3 is 2.50 bits per heavy atom. The molecule has 1 amide bonds. The normalized spacial score (nSPS) is 23.2. The molecule has 7 heteroatoms. The van der Waals surface area contributed by atoms with Gasteiger partial charge in [0, 0.05) is 32.2 Å². The zero-order chi connectivity index (χ0) is 17.0. The molecule has 0 bridgehead atoms. The van der Waals surface area contributed by atoms with Gasteiger partial charge in [-0.25, -0.2) is 8.42 Å². The summed E-state index contributed by atoms with van der Waals surface area (Å²) in [6.07, 6.45) is 3.30. The van der Waals surface area contributed by atoms with Crippen molar-refractivity contribution >= 4 is 15.9 Å². The third-order valence-electron chi connectivity index (χ3n) is 4.73. The Morgan fingerprint density at radius 2 is 1.88 bits per heavy atom. The number of benzene rings is 1. The highest BCUT2D eigenvalue weighted by atomic mass is 32.2. The van der Waals surface area contributed by atoms with Crippen LogP contribution in [0.3, 0.4) is 0 Å². The number of hydrogen-bond donors (Lipinski definition) is 1. The first-order valence-corrected chi connectivity index (χ1v) is 9.96. The SMILES string of the molecule is O=C(NC[C@@H]1CCCO1)C1CCN(S(=O)(=O)c2ccccc2)CC1. The molecule has 24 heavy (non-hydrogen) atoms. The monoisotopic (exact) mass is 352 g/mol. The highest BCUT2D eigenvalue weighted by Crippen LogP contribution is 2.24. The van der Waals surface area contributed by atoms with Crippen LogP contribution in [0.5, 0.6) is 0 Å². The van der Waals surface area contributed by atoms with Crippen LogP contribution in [0.2, 0.25) is 0 Å². The van der Waals surface area contributed by atoms with E-state index in [0.29, 0.717) is 37.4 Å². The zero-order valence-electron chi connectivity index (χ0n) is 13.7. The average molecular weight is 352 g/mol. The Balaban J connectivity index is 1.51. The standard InChI is InChI=1S/C17H24N2O4S/c20-17(18-13-15-5-4-12-23-15)14-8-10-19(11-9-14)24(21,22)16-6-2-1-3-7-16/h1-3,6-7,14-15H,4-5,8-13H2,(H,18,20)/t15-/m0/s1. The fourth-order valence-electron chi connectivity index (χ4n) is 3.26. The lowest BCUT2D eigenvalue weighted by molar-refractivity contribution is -0.126. The van der Waals surface area contributed by atoms with Crippen molar-refractivity contribution in [2.75, 3.05) is 26.2 Å². The van der Waals surface area contributed by atoms with Gasteiger partial charge in [-0.05, 0) is 37.8 Å². The lowest BCUT2D eigenvalue weighted by atomic mass is 9.97. The highest BCUT2D eigenvalue weighted by molar-refractivity contribution is 7.89. The molecule has 2 saturated heterocycles. The molecule has 1 aromatic carbocycles. The van der Waals surface area contributed by atoms with E-state index in [2.05, 4.69) is 5.32 Å². The van der Waals surface area contributed by atoms with Crippen LogP contribution in [0.15, 0.2) is 35.2 Å². The van der Waals surface area contributed by atoms with E-state index in [9.17, 15) is 13.2 Å². The van der Waals surface area contributed by atoms with Crippen LogP contribution in [0.1, 0.15) is 25.7 Å². The first-order valence-electron chi connectivity index (χ1n) is 8.52. The smallest absolute Gasteiger partial charge is 0.243 e. The fraction of sp³-hybridized carbons (Fsp3) is 0.588. The number of nitrogens with one attached hydrogen (secondary N) is 1. The maximum Gasteiger partial charge on any atom is 0.243 e. The molecule has 0 aromatic heterocycles. The van der Waals surface area contributed by atoms with Crippen LogP contribution >= 0.6 is 0 Å². The molecule has 3 rings (SSSR count). The van der Waals surface area contributed by atoms with E-state index in [-0.39, 0.29) is 17.9 Å². The fourth-order valence-corrected chi connectivity index (χ4v) is 4.75. The van der Waals surface area contributed by atoms with E-state index >= 15 is 0 Å². The Hall–Kier alpha value is -1.44. The minimum absolute atomic E-state index is 0.0160. The summed E-state index contributed by atoms with van der Waals surface area (Å²) in [6, 6.07) is 8.45. The quantitative estimate of drug-likeness (QED) is 0.869. The van der Waals surface area contributed by atoms with Gasteiger partial charge in [-0.1, -0.05) is 18.2 Å². The molecule has 0 unspecified atom stereocenters. The Labute approximate surface area is 143 Å². The Kier molecular flexibility index (Phi) is 5.53. The lowest BCUT2D eigenvalue weighted by Crippen LogP contribution is -2.44. The van der Waals surface area contributed by atoms with E-state index < -0.39 is 10.0 Å². The van der Waals surface area contributed by atoms with Gasteiger partial charge in [0.25, 0.3) is 0 Å². The molecule has 2 heterocycles. The zero-order valence-corrected chi connectivity index (χ0v) is 14.5. The predicted octanol–water partition coefficient (Wildman–Crippen LogP) is 1.38. The Bertz CT molecular complexity index is 648. The van der Waals surface area contributed by atoms with Crippen LogP contribution in [-0.4, -0.2) is 51.0 Å². The molecule has 1 N–H and O–H groups in total. The molecule has 2 aliphatic rings. The van der Waals surface area contributed by atoms with Crippen molar-refractivity contribution in [2.45, 2.75) is 36.7 Å². The molecule has 0 radical (unpaired) electrons. The number of amides is 1. The number of nitrogens with zero attached hydrogens (tertiary/aromatic N) is 1. The molecular weight excluding hydrogens is 328 g/mol. The molecule has 0 saturated carbocycles. The van der Waals surface area contributed by atoms with Gasteiger partial charge in [-0.3, -0.25) is 4.79 Å². The summed E-state index contributed by atoms with van der Waals surface area (Å²) in [4.78, 5) is 12.6. The van der Waals surface area contributed by atoms with Gasteiger partial charge in [-0.15, -0.1) is 0 Å². The topological polar surface area (TPSA) is 75.7 Å². The van der Waals surface area contributed by atoms with Gasteiger partial charge < -0.3 is 10.1 Å². The van der Waals surface area contributed by atoms with Crippen molar-refractivity contribution in [3.05, 3.63) is 30.3 Å². The second-order valence-corrected chi connectivity index (χ2v) is 8.31. The molecule has 0 spiro atoms. The molecule has 2 fully saturated rings. The number of ether oxygens (including phenoxy) is 1. The molecule has 132 valence electrons. The van der Waals surface area contributed by atoms with Gasteiger partial charge in [0.2, 0.25) is 15.9 Å². The van der Waals surface area contributed by atoms with Gasteiger partial charge >= 0.3 is 0 Å². The number of carbonyl (C=O) groups excluding carboxylic acids is 1. The van der Waals surface area contributed by atoms with Crippen molar-refractivity contribution in [1.82, 2.24) is 9.62 Å².